The summed E-state index contributed by atoms with van der Waals surface area (Å²) < 4.78 is 5.18. The van der Waals surface area contributed by atoms with E-state index in [-0.39, 0.29) is 17.9 Å². The van der Waals surface area contributed by atoms with Crippen LogP contribution in [0.15, 0.2) is 0 Å². The Hall–Kier alpha value is -1.08. The van der Waals surface area contributed by atoms with Gasteiger partial charge < -0.3 is 10.1 Å². The van der Waals surface area contributed by atoms with Gasteiger partial charge in [-0.05, 0) is 19.3 Å². The average molecular weight is 210 g/mol. The van der Waals surface area contributed by atoms with E-state index in [2.05, 4.69) is 11.4 Å². The highest BCUT2D eigenvalue weighted by Crippen LogP contribution is 2.15. The number of nitriles is 1. The first-order chi connectivity index (χ1) is 7.27. The fraction of sp³-hybridized carbons (Fsp3) is 0.818. The largest absolute Gasteiger partial charge is 0.381 e. The lowest BCUT2D eigenvalue weighted by atomic mass is 9.99. The van der Waals surface area contributed by atoms with Crippen LogP contribution in [0.25, 0.3) is 0 Å². The van der Waals surface area contributed by atoms with Crippen molar-refractivity contribution in [3.05, 3.63) is 0 Å². The standard InChI is InChI=1S/C11H18N2O2/c1-2-3-10(8-12)13-11(14)9-4-6-15-7-5-9/h9-10H,2-7H2,1H3,(H,13,14). The average Bonchev–Trinajstić information content (AvgIpc) is 2.29. The molecule has 84 valence electrons. The van der Waals surface area contributed by atoms with Crippen LogP contribution in [0.3, 0.4) is 0 Å². The van der Waals surface area contributed by atoms with Crippen LogP contribution in [-0.4, -0.2) is 25.2 Å². The van der Waals surface area contributed by atoms with Crippen LogP contribution in [0.4, 0.5) is 0 Å². The van der Waals surface area contributed by atoms with Crippen LogP contribution in [0.2, 0.25) is 0 Å². The predicted octanol–water partition coefficient (Wildman–Crippen LogP) is 1.22. The second-order valence-electron chi connectivity index (χ2n) is 3.87. The molecule has 0 saturated carbocycles. The van der Waals surface area contributed by atoms with Crippen molar-refractivity contribution in [3.8, 4) is 6.07 Å². The lowest BCUT2D eigenvalue weighted by Gasteiger charge is -2.22. The predicted molar refractivity (Wildman–Crippen MR) is 56.0 cm³/mol. The van der Waals surface area contributed by atoms with Crippen molar-refractivity contribution in [2.75, 3.05) is 13.2 Å². The van der Waals surface area contributed by atoms with E-state index in [9.17, 15) is 4.79 Å². The van der Waals surface area contributed by atoms with Crippen LogP contribution in [0.1, 0.15) is 32.6 Å². The van der Waals surface area contributed by atoms with Gasteiger partial charge in [0.1, 0.15) is 6.04 Å². The van der Waals surface area contributed by atoms with Crippen LogP contribution >= 0.6 is 0 Å². The first-order valence-corrected chi connectivity index (χ1v) is 5.55. The summed E-state index contributed by atoms with van der Waals surface area (Å²) in [7, 11) is 0. The van der Waals surface area contributed by atoms with E-state index >= 15 is 0 Å². The number of carbonyl (C=O) groups is 1. The summed E-state index contributed by atoms with van der Waals surface area (Å²) >= 11 is 0. The molecule has 15 heavy (non-hydrogen) atoms. The molecule has 1 heterocycles. The molecule has 1 aliphatic heterocycles. The Morgan fingerprint density at radius 3 is 2.80 bits per heavy atom. The third kappa shape index (κ3) is 3.88. The van der Waals surface area contributed by atoms with Gasteiger partial charge in [0.25, 0.3) is 0 Å². The van der Waals surface area contributed by atoms with Crippen molar-refractivity contribution in [2.24, 2.45) is 5.92 Å². The minimum Gasteiger partial charge on any atom is -0.381 e. The molecule has 1 fully saturated rings. The molecule has 0 aromatic rings. The zero-order valence-corrected chi connectivity index (χ0v) is 9.16. The normalized spacial score (nSPS) is 19.2. The van der Waals surface area contributed by atoms with Crippen molar-refractivity contribution in [1.82, 2.24) is 5.32 Å². The SMILES string of the molecule is CCCC(C#N)NC(=O)C1CCOCC1. The lowest BCUT2D eigenvalue weighted by molar-refractivity contribution is -0.128. The quantitative estimate of drug-likeness (QED) is 0.759. The van der Waals surface area contributed by atoms with Gasteiger partial charge in [0, 0.05) is 19.1 Å². The zero-order chi connectivity index (χ0) is 11.1. The van der Waals surface area contributed by atoms with Gasteiger partial charge in [-0.25, -0.2) is 0 Å². The number of hydrogen-bond acceptors (Lipinski definition) is 3. The zero-order valence-electron chi connectivity index (χ0n) is 9.16. The van der Waals surface area contributed by atoms with E-state index in [0.29, 0.717) is 13.2 Å². The highest BCUT2D eigenvalue weighted by atomic mass is 16.5. The second-order valence-corrected chi connectivity index (χ2v) is 3.87. The molecule has 4 heteroatoms. The number of ether oxygens (including phenoxy) is 1. The maximum absolute atomic E-state index is 11.7. The number of hydrogen-bond donors (Lipinski definition) is 1. The summed E-state index contributed by atoms with van der Waals surface area (Å²) in [5, 5.41) is 11.6. The van der Waals surface area contributed by atoms with Crippen LogP contribution in [0.5, 0.6) is 0 Å². The number of nitrogens with zero attached hydrogens (tertiary/aromatic N) is 1. The molecular weight excluding hydrogens is 192 g/mol. The van der Waals surface area contributed by atoms with Gasteiger partial charge in [-0.15, -0.1) is 0 Å². The molecule has 0 aromatic heterocycles. The molecular formula is C11H18N2O2. The molecule has 1 saturated heterocycles. The highest BCUT2D eigenvalue weighted by molar-refractivity contribution is 5.79. The molecule has 1 unspecified atom stereocenters. The minimum atomic E-state index is -0.328. The van der Waals surface area contributed by atoms with Crippen molar-refractivity contribution in [1.29, 1.82) is 5.26 Å². The van der Waals surface area contributed by atoms with Crippen molar-refractivity contribution >= 4 is 5.91 Å². The van der Waals surface area contributed by atoms with Crippen LogP contribution < -0.4 is 5.32 Å². The Kier molecular flexibility index (Phi) is 5.13. The molecule has 0 aliphatic carbocycles. The number of rotatable bonds is 4. The Bertz CT molecular complexity index is 241. The maximum Gasteiger partial charge on any atom is 0.224 e. The van der Waals surface area contributed by atoms with Crippen LogP contribution in [0, 0.1) is 17.2 Å². The summed E-state index contributed by atoms with van der Waals surface area (Å²) in [6.07, 6.45) is 3.18. The summed E-state index contributed by atoms with van der Waals surface area (Å²) in [6, 6.07) is 1.78. The molecule has 0 spiro atoms. The summed E-state index contributed by atoms with van der Waals surface area (Å²) in [5.74, 6) is 0.0461. The Morgan fingerprint density at radius 1 is 1.60 bits per heavy atom. The first-order valence-electron chi connectivity index (χ1n) is 5.55. The van der Waals surface area contributed by atoms with Crippen molar-refractivity contribution in [3.63, 3.8) is 0 Å². The third-order valence-electron chi connectivity index (χ3n) is 2.64. The van der Waals surface area contributed by atoms with Gasteiger partial charge in [0.15, 0.2) is 0 Å². The maximum atomic E-state index is 11.7. The molecule has 1 N–H and O–H groups in total. The number of amides is 1. The van der Waals surface area contributed by atoms with E-state index in [4.69, 9.17) is 10.00 Å². The Labute approximate surface area is 90.6 Å². The smallest absolute Gasteiger partial charge is 0.224 e. The van der Waals surface area contributed by atoms with E-state index in [0.717, 1.165) is 25.7 Å². The number of carbonyl (C=O) groups excluding carboxylic acids is 1. The third-order valence-corrected chi connectivity index (χ3v) is 2.64. The van der Waals surface area contributed by atoms with Gasteiger partial charge in [0.05, 0.1) is 6.07 Å². The van der Waals surface area contributed by atoms with E-state index in [1.54, 1.807) is 0 Å². The summed E-state index contributed by atoms with van der Waals surface area (Å²) in [6.45, 7) is 3.32. The van der Waals surface area contributed by atoms with Gasteiger partial charge in [-0.1, -0.05) is 13.3 Å². The Morgan fingerprint density at radius 2 is 2.27 bits per heavy atom. The minimum absolute atomic E-state index is 0.0123. The topological polar surface area (TPSA) is 62.1 Å². The van der Waals surface area contributed by atoms with E-state index in [1.165, 1.54) is 0 Å². The second kappa shape index (κ2) is 6.41. The van der Waals surface area contributed by atoms with Crippen molar-refractivity contribution < 1.29 is 9.53 Å². The molecule has 0 bridgehead atoms. The fourth-order valence-electron chi connectivity index (χ4n) is 1.71. The lowest BCUT2D eigenvalue weighted by Crippen LogP contribution is -2.40. The first kappa shape index (κ1) is 12.0. The van der Waals surface area contributed by atoms with E-state index < -0.39 is 0 Å². The van der Waals surface area contributed by atoms with Gasteiger partial charge >= 0.3 is 0 Å². The van der Waals surface area contributed by atoms with E-state index in [1.807, 2.05) is 6.92 Å². The van der Waals surface area contributed by atoms with Crippen LogP contribution in [-0.2, 0) is 9.53 Å². The molecule has 0 radical (unpaired) electrons. The summed E-state index contributed by atoms with van der Waals surface area (Å²) in [4.78, 5) is 11.7. The van der Waals surface area contributed by atoms with Gasteiger partial charge in [-0.3, -0.25) is 4.79 Å². The molecule has 1 amide bonds. The molecule has 1 rings (SSSR count). The number of nitrogens with one attached hydrogen (secondary N) is 1. The summed E-state index contributed by atoms with van der Waals surface area (Å²) in [5.41, 5.74) is 0. The highest BCUT2D eigenvalue weighted by Gasteiger charge is 2.23. The molecule has 1 atom stereocenters. The molecule has 1 aliphatic rings. The molecule has 0 aromatic carbocycles. The van der Waals surface area contributed by atoms with Gasteiger partial charge in [0.2, 0.25) is 5.91 Å². The van der Waals surface area contributed by atoms with Crippen molar-refractivity contribution in [2.45, 2.75) is 38.6 Å². The molecule has 4 nitrogen and oxygen atoms in total. The Balaban J connectivity index is 2.36. The monoisotopic (exact) mass is 210 g/mol. The fourth-order valence-corrected chi connectivity index (χ4v) is 1.71. The van der Waals surface area contributed by atoms with Gasteiger partial charge in [-0.2, -0.15) is 5.26 Å².